The minimum atomic E-state index is -0.681. The first-order chi connectivity index (χ1) is 9.16. The zero-order valence-electron chi connectivity index (χ0n) is 9.68. The summed E-state index contributed by atoms with van der Waals surface area (Å²) in [6, 6.07) is 9.60. The Morgan fingerprint density at radius 3 is 2.89 bits per heavy atom. The largest absolute Gasteiger partial charge is 0.383 e. The van der Waals surface area contributed by atoms with Gasteiger partial charge in [-0.2, -0.15) is 0 Å². The summed E-state index contributed by atoms with van der Waals surface area (Å²) < 4.78 is 1.46. The van der Waals surface area contributed by atoms with Crippen LogP contribution in [0, 0.1) is 0 Å². The molecule has 19 heavy (non-hydrogen) atoms. The SMILES string of the molecule is OC(c1cc(Br)c(Cl)s1)c1cccc2cnccc12. The van der Waals surface area contributed by atoms with E-state index in [1.165, 1.54) is 11.3 Å². The minimum absolute atomic E-state index is 0.649. The number of halogens is 2. The van der Waals surface area contributed by atoms with Crippen molar-refractivity contribution in [3.05, 3.63) is 62.0 Å². The molecule has 2 heterocycles. The summed E-state index contributed by atoms with van der Waals surface area (Å²) in [6.45, 7) is 0. The lowest BCUT2D eigenvalue weighted by Crippen LogP contribution is -1.98. The van der Waals surface area contributed by atoms with Gasteiger partial charge in [0.2, 0.25) is 0 Å². The molecule has 1 atom stereocenters. The van der Waals surface area contributed by atoms with E-state index in [0.29, 0.717) is 4.34 Å². The first kappa shape index (κ1) is 13.1. The number of benzene rings is 1. The average Bonchev–Trinajstić information content (AvgIpc) is 2.77. The highest BCUT2D eigenvalue weighted by molar-refractivity contribution is 9.10. The molecule has 0 fully saturated rings. The fourth-order valence-corrected chi connectivity index (χ4v) is 3.78. The van der Waals surface area contributed by atoms with Crippen LogP contribution in [-0.4, -0.2) is 10.1 Å². The molecule has 0 aliphatic rings. The normalized spacial score (nSPS) is 12.8. The van der Waals surface area contributed by atoms with E-state index < -0.39 is 6.10 Å². The molecule has 0 spiro atoms. The number of fused-ring (bicyclic) bond motifs is 1. The maximum atomic E-state index is 10.5. The highest BCUT2D eigenvalue weighted by atomic mass is 79.9. The number of aromatic nitrogens is 1. The van der Waals surface area contributed by atoms with E-state index in [2.05, 4.69) is 20.9 Å². The van der Waals surface area contributed by atoms with Crippen molar-refractivity contribution in [2.24, 2.45) is 0 Å². The van der Waals surface area contributed by atoms with E-state index in [-0.39, 0.29) is 0 Å². The zero-order valence-corrected chi connectivity index (χ0v) is 12.8. The Bertz CT molecular complexity index is 718. The molecule has 3 rings (SSSR count). The molecular formula is C14H9BrClNOS. The van der Waals surface area contributed by atoms with Gasteiger partial charge < -0.3 is 5.11 Å². The maximum absolute atomic E-state index is 10.5. The van der Waals surface area contributed by atoms with Crippen molar-refractivity contribution in [3.63, 3.8) is 0 Å². The van der Waals surface area contributed by atoms with E-state index in [4.69, 9.17) is 11.6 Å². The Hall–Kier alpha value is -0.940. The number of aliphatic hydroxyl groups is 1. The molecule has 1 N–H and O–H groups in total. The van der Waals surface area contributed by atoms with Gasteiger partial charge in [0.15, 0.2) is 0 Å². The summed E-state index contributed by atoms with van der Waals surface area (Å²) in [5, 5.41) is 12.6. The minimum Gasteiger partial charge on any atom is -0.383 e. The predicted octanol–water partition coefficient (Wildman–Crippen LogP) is 4.79. The summed E-state index contributed by atoms with van der Waals surface area (Å²) in [5.41, 5.74) is 0.866. The topological polar surface area (TPSA) is 33.1 Å². The van der Waals surface area contributed by atoms with Gasteiger partial charge in [0.25, 0.3) is 0 Å². The first-order valence-electron chi connectivity index (χ1n) is 5.62. The van der Waals surface area contributed by atoms with Crippen molar-refractivity contribution in [2.75, 3.05) is 0 Å². The molecule has 0 aliphatic heterocycles. The van der Waals surface area contributed by atoms with E-state index in [9.17, 15) is 5.11 Å². The third kappa shape index (κ3) is 2.41. The molecule has 2 aromatic heterocycles. The second kappa shape index (κ2) is 5.21. The molecule has 0 amide bonds. The number of rotatable bonds is 2. The smallest absolute Gasteiger partial charge is 0.114 e. The van der Waals surface area contributed by atoms with Crippen molar-refractivity contribution >= 4 is 49.6 Å². The van der Waals surface area contributed by atoms with Crippen LogP contribution in [0.25, 0.3) is 10.8 Å². The molecule has 0 aliphatic carbocycles. The van der Waals surface area contributed by atoms with Crippen molar-refractivity contribution in [2.45, 2.75) is 6.10 Å². The lowest BCUT2D eigenvalue weighted by molar-refractivity contribution is 0.225. The van der Waals surface area contributed by atoms with Crippen molar-refractivity contribution in [1.82, 2.24) is 4.98 Å². The van der Waals surface area contributed by atoms with Gasteiger partial charge in [-0.3, -0.25) is 4.98 Å². The standard InChI is InChI=1S/C14H9BrClNOS/c15-11-6-12(19-14(11)16)13(18)10-3-1-2-8-7-17-5-4-9(8)10/h1-7,13,18H. The highest BCUT2D eigenvalue weighted by Crippen LogP contribution is 2.38. The van der Waals surface area contributed by atoms with Crippen LogP contribution in [0.15, 0.2) is 47.2 Å². The Balaban J connectivity index is 2.13. The molecular weight excluding hydrogens is 346 g/mol. The van der Waals surface area contributed by atoms with Crippen LogP contribution in [0.3, 0.4) is 0 Å². The Kier molecular flexibility index (Phi) is 3.58. The number of hydrogen-bond acceptors (Lipinski definition) is 3. The second-order valence-electron chi connectivity index (χ2n) is 4.12. The van der Waals surface area contributed by atoms with Gasteiger partial charge in [-0.05, 0) is 39.0 Å². The van der Waals surface area contributed by atoms with E-state index >= 15 is 0 Å². The van der Waals surface area contributed by atoms with Crippen LogP contribution in [0.2, 0.25) is 4.34 Å². The molecule has 0 radical (unpaired) electrons. The highest BCUT2D eigenvalue weighted by Gasteiger charge is 2.17. The van der Waals surface area contributed by atoms with Crippen LogP contribution in [0.1, 0.15) is 16.5 Å². The summed E-state index contributed by atoms with van der Waals surface area (Å²) >= 11 is 10.8. The fourth-order valence-electron chi connectivity index (χ4n) is 2.04. The van der Waals surface area contributed by atoms with Gasteiger partial charge in [0.05, 0.1) is 0 Å². The molecule has 2 nitrogen and oxygen atoms in total. The van der Waals surface area contributed by atoms with Gasteiger partial charge in [-0.25, -0.2) is 0 Å². The number of thiophene rings is 1. The van der Waals surface area contributed by atoms with Crippen LogP contribution in [0.5, 0.6) is 0 Å². The fraction of sp³-hybridized carbons (Fsp3) is 0.0714. The summed E-state index contributed by atoms with van der Waals surface area (Å²) in [6.07, 6.45) is 2.85. The van der Waals surface area contributed by atoms with Crippen molar-refractivity contribution in [3.8, 4) is 0 Å². The zero-order chi connectivity index (χ0) is 13.4. The monoisotopic (exact) mass is 353 g/mol. The van der Waals surface area contributed by atoms with Crippen LogP contribution >= 0.6 is 38.9 Å². The molecule has 0 saturated heterocycles. The van der Waals surface area contributed by atoms with Crippen molar-refractivity contribution < 1.29 is 5.11 Å². The molecule has 1 aromatic carbocycles. The molecule has 0 saturated carbocycles. The number of hydrogen-bond donors (Lipinski definition) is 1. The average molecular weight is 355 g/mol. The Morgan fingerprint density at radius 2 is 2.16 bits per heavy atom. The van der Waals surface area contributed by atoms with Crippen molar-refractivity contribution in [1.29, 1.82) is 0 Å². The molecule has 96 valence electrons. The molecule has 0 bridgehead atoms. The number of nitrogens with zero attached hydrogens (tertiary/aromatic N) is 1. The second-order valence-corrected chi connectivity index (χ2v) is 6.66. The summed E-state index contributed by atoms with van der Waals surface area (Å²) in [5.74, 6) is 0. The lowest BCUT2D eigenvalue weighted by Gasteiger charge is -2.11. The third-order valence-electron chi connectivity index (χ3n) is 2.94. The molecule has 1 unspecified atom stereocenters. The maximum Gasteiger partial charge on any atom is 0.114 e. The van der Waals surface area contributed by atoms with Crippen LogP contribution in [0.4, 0.5) is 0 Å². The lowest BCUT2D eigenvalue weighted by atomic mass is 10.0. The van der Waals surface area contributed by atoms with Gasteiger partial charge in [0.1, 0.15) is 10.4 Å². The van der Waals surface area contributed by atoms with Gasteiger partial charge in [0, 0.05) is 27.1 Å². The van der Waals surface area contributed by atoms with Crippen LogP contribution in [-0.2, 0) is 0 Å². The number of pyridine rings is 1. The van der Waals surface area contributed by atoms with Gasteiger partial charge in [-0.1, -0.05) is 29.8 Å². The molecule has 5 heteroatoms. The summed E-state index contributed by atoms with van der Waals surface area (Å²) in [4.78, 5) is 4.92. The van der Waals surface area contributed by atoms with Gasteiger partial charge in [-0.15, -0.1) is 11.3 Å². The first-order valence-corrected chi connectivity index (χ1v) is 7.61. The third-order valence-corrected chi connectivity index (χ3v) is 5.47. The number of aliphatic hydroxyl groups excluding tert-OH is 1. The Labute approximate surface area is 127 Å². The van der Waals surface area contributed by atoms with E-state index in [1.807, 2.05) is 30.3 Å². The quantitative estimate of drug-likeness (QED) is 0.717. The summed E-state index contributed by atoms with van der Waals surface area (Å²) in [7, 11) is 0. The molecule has 3 aromatic rings. The van der Waals surface area contributed by atoms with Gasteiger partial charge >= 0.3 is 0 Å². The van der Waals surface area contributed by atoms with E-state index in [0.717, 1.165) is 25.7 Å². The van der Waals surface area contributed by atoms with Crippen LogP contribution < -0.4 is 0 Å². The van der Waals surface area contributed by atoms with E-state index in [1.54, 1.807) is 12.4 Å². The Morgan fingerprint density at radius 1 is 1.32 bits per heavy atom. The predicted molar refractivity (Wildman–Crippen MR) is 82.8 cm³/mol.